The van der Waals surface area contributed by atoms with Crippen LogP contribution in [0, 0.1) is 0 Å². The van der Waals surface area contributed by atoms with E-state index in [0.717, 1.165) is 42.8 Å². The van der Waals surface area contributed by atoms with Crippen LogP contribution in [0.1, 0.15) is 25.7 Å². The molecular formula is C21H21N5O3S. The summed E-state index contributed by atoms with van der Waals surface area (Å²) < 4.78 is 13.9. The van der Waals surface area contributed by atoms with Crippen LogP contribution in [0.2, 0.25) is 0 Å². The minimum Gasteiger partial charge on any atom is -0.448 e. The summed E-state index contributed by atoms with van der Waals surface area (Å²) in [7, 11) is 1.88. The third-order valence-electron chi connectivity index (χ3n) is 5.29. The molecule has 30 heavy (non-hydrogen) atoms. The highest BCUT2D eigenvalue weighted by atomic mass is 32.2. The maximum absolute atomic E-state index is 12.5. The summed E-state index contributed by atoms with van der Waals surface area (Å²) >= 11 is 1.34. The van der Waals surface area contributed by atoms with Crippen molar-refractivity contribution in [2.75, 3.05) is 11.1 Å². The lowest BCUT2D eigenvalue weighted by Crippen LogP contribution is -2.34. The molecule has 0 atom stereocenters. The van der Waals surface area contributed by atoms with E-state index >= 15 is 0 Å². The van der Waals surface area contributed by atoms with Crippen molar-refractivity contribution in [2.24, 2.45) is 7.05 Å². The van der Waals surface area contributed by atoms with Gasteiger partial charge in [0.15, 0.2) is 22.5 Å². The highest BCUT2D eigenvalue weighted by Crippen LogP contribution is 2.47. The van der Waals surface area contributed by atoms with Gasteiger partial charge in [0.25, 0.3) is 5.79 Å². The number of carbonyl (C=O) groups excluding carboxylic acids is 1. The second kappa shape index (κ2) is 7.64. The van der Waals surface area contributed by atoms with Crippen molar-refractivity contribution in [3.8, 4) is 22.9 Å². The molecule has 2 aromatic heterocycles. The lowest BCUT2D eigenvalue weighted by Gasteiger charge is -2.21. The monoisotopic (exact) mass is 423 g/mol. The molecule has 3 heterocycles. The molecular weight excluding hydrogens is 402 g/mol. The van der Waals surface area contributed by atoms with Crippen molar-refractivity contribution >= 4 is 23.4 Å². The molecule has 0 saturated heterocycles. The second-order valence-corrected chi connectivity index (χ2v) is 8.36. The first-order valence-electron chi connectivity index (χ1n) is 9.86. The number of nitrogens with zero attached hydrogens (tertiary/aromatic N) is 4. The van der Waals surface area contributed by atoms with Crippen molar-refractivity contribution < 1.29 is 14.3 Å². The fraction of sp³-hybridized carbons (Fsp3) is 0.333. The first-order chi connectivity index (χ1) is 14.6. The molecule has 1 spiro atoms. The predicted octanol–water partition coefficient (Wildman–Crippen LogP) is 3.65. The van der Waals surface area contributed by atoms with Crippen molar-refractivity contribution in [2.45, 2.75) is 36.6 Å². The Kier molecular flexibility index (Phi) is 4.82. The molecule has 0 radical (unpaired) electrons. The molecule has 1 aliphatic carbocycles. The Balaban J connectivity index is 1.20. The van der Waals surface area contributed by atoms with Crippen LogP contribution in [-0.2, 0) is 11.8 Å². The average Bonchev–Trinajstić information content (AvgIpc) is 3.46. The number of thioether (sulfide) groups is 1. The molecule has 1 aliphatic heterocycles. The Morgan fingerprint density at radius 2 is 1.90 bits per heavy atom. The zero-order chi connectivity index (χ0) is 20.6. The Morgan fingerprint density at radius 1 is 1.13 bits per heavy atom. The van der Waals surface area contributed by atoms with Crippen LogP contribution >= 0.6 is 11.8 Å². The van der Waals surface area contributed by atoms with Crippen LogP contribution in [0.3, 0.4) is 0 Å². The van der Waals surface area contributed by atoms with E-state index in [-0.39, 0.29) is 11.7 Å². The second-order valence-electron chi connectivity index (χ2n) is 7.42. The first-order valence-corrected chi connectivity index (χ1v) is 10.8. The van der Waals surface area contributed by atoms with Crippen LogP contribution in [0.4, 0.5) is 5.69 Å². The van der Waals surface area contributed by atoms with Gasteiger partial charge in [-0.15, -0.1) is 10.2 Å². The number of carbonyl (C=O) groups is 1. The van der Waals surface area contributed by atoms with Gasteiger partial charge in [0.2, 0.25) is 5.91 Å². The molecule has 1 amide bonds. The zero-order valence-corrected chi connectivity index (χ0v) is 17.3. The number of pyridine rings is 1. The number of anilines is 1. The quantitative estimate of drug-likeness (QED) is 0.626. The number of rotatable bonds is 5. The number of fused-ring (bicyclic) bond motifs is 1. The van der Waals surface area contributed by atoms with Gasteiger partial charge in [0.1, 0.15) is 0 Å². The Bertz CT molecular complexity index is 1080. The first kappa shape index (κ1) is 18.9. The molecule has 1 N–H and O–H groups in total. The van der Waals surface area contributed by atoms with Crippen molar-refractivity contribution in [3.63, 3.8) is 0 Å². The highest BCUT2D eigenvalue weighted by Gasteiger charge is 2.44. The number of hydrogen-bond donors (Lipinski definition) is 1. The molecule has 1 fully saturated rings. The van der Waals surface area contributed by atoms with Crippen molar-refractivity contribution in [3.05, 3.63) is 42.7 Å². The summed E-state index contributed by atoms with van der Waals surface area (Å²) in [5.74, 6) is 1.77. The van der Waals surface area contributed by atoms with Gasteiger partial charge >= 0.3 is 0 Å². The number of benzene rings is 1. The molecule has 3 aromatic rings. The molecule has 0 bridgehead atoms. The van der Waals surface area contributed by atoms with Crippen molar-refractivity contribution in [1.82, 2.24) is 19.7 Å². The number of ether oxygens (including phenoxy) is 2. The van der Waals surface area contributed by atoms with Gasteiger partial charge in [0, 0.05) is 49.6 Å². The van der Waals surface area contributed by atoms with Crippen LogP contribution in [0.25, 0.3) is 11.4 Å². The number of hydrogen-bond acceptors (Lipinski definition) is 7. The molecule has 8 nitrogen and oxygen atoms in total. The Morgan fingerprint density at radius 3 is 2.70 bits per heavy atom. The summed E-state index contributed by atoms with van der Waals surface area (Å²) in [6, 6.07) is 9.27. The summed E-state index contributed by atoms with van der Waals surface area (Å²) in [6.45, 7) is 0. The molecule has 0 unspecified atom stereocenters. The zero-order valence-electron chi connectivity index (χ0n) is 16.5. The molecule has 2 aliphatic rings. The fourth-order valence-corrected chi connectivity index (χ4v) is 4.52. The minimum atomic E-state index is -0.501. The third-order valence-corrected chi connectivity index (χ3v) is 6.31. The Hall–Kier alpha value is -3.07. The lowest BCUT2D eigenvalue weighted by molar-refractivity contribution is -0.113. The summed E-state index contributed by atoms with van der Waals surface area (Å²) in [6.07, 6.45) is 7.45. The number of amides is 1. The smallest absolute Gasteiger partial charge is 0.251 e. The third kappa shape index (κ3) is 3.60. The van der Waals surface area contributed by atoms with Gasteiger partial charge in [0.05, 0.1) is 5.75 Å². The molecule has 9 heteroatoms. The van der Waals surface area contributed by atoms with E-state index in [9.17, 15) is 4.79 Å². The fourth-order valence-electron chi connectivity index (χ4n) is 3.81. The van der Waals surface area contributed by atoms with Crippen LogP contribution < -0.4 is 14.8 Å². The standard InChI is InChI=1S/C21H21N5O3S/c1-26-19(14-6-10-22-11-7-14)24-25-20(26)30-13-18(27)23-15-4-5-16-17(12-15)29-21(28-16)8-2-3-9-21/h4-7,10-12H,2-3,8-9,13H2,1H3,(H,23,27). The summed E-state index contributed by atoms with van der Waals surface area (Å²) in [5.41, 5.74) is 1.62. The summed E-state index contributed by atoms with van der Waals surface area (Å²) in [4.78, 5) is 16.5. The van der Waals surface area contributed by atoms with E-state index in [4.69, 9.17) is 9.47 Å². The van der Waals surface area contributed by atoms with Crippen LogP contribution in [0.15, 0.2) is 47.9 Å². The largest absolute Gasteiger partial charge is 0.448 e. The molecule has 1 saturated carbocycles. The van der Waals surface area contributed by atoms with E-state index in [1.807, 2.05) is 41.9 Å². The normalized spacial score (nSPS) is 16.2. The average molecular weight is 423 g/mol. The van der Waals surface area contributed by atoms with E-state index in [2.05, 4.69) is 20.5 Å². The van der Waals surface area contributed by atoms with E-state index < -0.39 is 5.79 Å². The lowest BCUT2D eigenvalue weighted by atomic mass is 10.2. The van der Waals surface area contributed by atoms with Gasteiger partial charge < -0.3 is 19.4 Å². The summed E-state index contributed by atoms with van der Waals surface area (Å²) in [5, 5.41) is 12.0. The Labute approximate surface area is 178 Å². The number of aromatic nitrogens is 4. The van der Waals surface area contributed by atoms with Crippen LogP contribution in [0.5, 0.6) is 11.5 Å². The SMILES string of the molecule is Cn1c(SCC(=O)Nc2ccc3c(c2)OC2(CCCC2)O3)nnc1-c1ccncc1. The van der Waals surface area contributed by atoms with Gasteiger partial charge in [-0.25, -0.2) is 0 Å². The van der Waals surface area contributed by atoms with Gasteiger partial charge in [-0.3, -0.25) is 9.78 Å². The van der Waals surface area contributed by atoms with Gasteiger partial charge in [-0.05, 0) is 37.1 Å². The minimum absolute atomic E-state index is 0.122. The maximum atomic E-state index is 12.5. The number of nitrogens with one attached hydrogen (secondary N) is 1. The molecule has 154 valence electrons. The molecule has 1 aromatic carbocycles. The maximum Gasteiger partial charge on any atom is 0.251 e. The highest BCUT2D eigenvalue weighted by molar-refractivity contribution is 7.99. The topological polar surface area (TPSA) is 91.2 Å². The van der Waals surface area contributed by atoms with Crippen molar-refractivity contribution in [1.29, 1.82) is 0 Å². The van der Waals surface area contributed by atoms with Gasteiger partial charge in [-0.2, -0.15) is 0 Å². The predicted molar refractivity (Wildman–Crippen MR) is 112 cm³/mol. The van der Waals surface area contributed by atoms with E-state index in [1.54, 1.807) is 12.4 Å². The van der Waals surface area contributed by atoms with E-state index in [1.165, 1.54) is 11.8 Å². The molecule has 5 rings (SSSR count). The van der Waals surface area contributed by atoms with Gasteiger partial charge in [-0.1, -0.05) is 11.8 Å². The van der Waals surface area contributed by atoms with Crippen LogP contribution in [-0.4, -0.2) is 37.2 Å². The van der Waals surface area contributed by atoms with E-state index in [0.29, 0.717) is 16.6 Å².